The zero-order valence-electron chi connectivity index (χ0n) is 5.76. The van der Waals surface area contributed by atoms with Crippen LogP contribution < -0.4 is 0 Å². The Morgan fingerprint density at radius 1 is 1.78 bits per heavy atom. The van der Waals surface area contributed by atoms with Crippen LogP contribution in [0.5, 0.6) is 0 Å². The highest BCUT2D eigenvalue weighted by atomic mass is 16.5. The lowest BCUT2D eigenvalue weighted by molar-refractivity contribution is -0.150. The van der Waals surface area contributed by atoms with Crippen molar-refractivity contribution in [3.63, 3.8) is 0 Å². The third-order valence-corrected chi connectivity index (χ3v) is 1.76. The third kappa shape index (κ3) is 1.05. The van der Waals surface area contributed by atoms with Gasteiger partial charge in [-0.15, -0.1) is 0 Å². The second kappa shape index (κ2) is 2.35. The second-order valence-corrected chi connectivity index (χ2v) is 2.31. The van der Waals surface area contributed by atoms with Gasteiger partial charge in [0.05, 0.1) is 7.11 Å². The zero-order chi connectivity index (χ0) is 6.85. The van der Waals surface area contributed by atoms with Crippen LogP contribution in [0, 0.1) is 0 Å². The first-order valence-corrected chi connectivity index (χ1v) is 3.04. The highest BCUT2D eigenvalue weighted by Crippen LogP contribution is 2.14. The van der Waals surface area contributed by atoms with Gasteiger partial charge >= 0.3 is 5.97 Å². The molecule has 0 aliphatic carbocycles. The summed E-state index contributed by atoms with van der Waals surface area (Å²) >= 11 is 0. The smallest absolute Gasteiger partial charge is 0.323 e. The number of esters is 1. The number of methoxy groups -OCH3 is 1. The van der Waals surface area contributed by atoms with E-state index in [1.165, 1.54) is 7.11 Å². The molecule has 0 aromatic rings. The third-order valence-electron chi connectivity index (χ3n) is 1.76. The van der Waals surface area contributed by atoms with Crippen LogP contribution in [0.3, 0.4) is 0 Å². The largest absolute Gasteiger partial charge is 0.468 e. The van der Waals surface area contributed by atoms with Crippen LogP contribution in [0.2, 0.25) is 0 Å². The fourth-order valence-electron chi connectivity index (χ4n) is 0.950. The summed E-state index contributed by atoms with van der Waals surface area (Å²) in [5.74, 6) is -0.108. The Hall–Kier alpha value is -0.570. The zero-order valence-corrected chi connectivity index (χ0v) is 5.76. The molecule has 1 aliphatic heterocycles. The van der Waals surface area contributed by atoms with Crippen LogP contribution in [0.25, 0.3) is 0 Å². The van der Waals surface area contributed by atoms with Gasteiger partial charge in [-0.05, 0) is 13.5 Å². The number of hydrogen-bond acceptors (Lipinski definition) is 3. The van der Waals surface area contributed by atoms with Crippen molar-refractivity contribution in [2.24, 2.45) is 0 Å². The van der Waals surface area contributed by atoms with Crippen LogP contribution in [0.4, 0.5) is 0 Å². The number of rotatable bonds is 1. The number of nitrogens with zero attached hydrogens (tertiary/aromatic N) is 1. The molecule has 9 heavy (non-hydrogen) atoms. The minimum Gasteiger partial charge on any atom is -0.468 e. The summed E-state index contributed by atoms with van der Waals surface area (Å²) in [6.07, 6.45) is 0.948. The van der Waals surface area contributed by atoms with Crippen molar-refractivity contribution in [1.82, 2.24) is 4.90 Å². The fourth-order valence-corrected chi connectivity index (χ4v) is 0.950. The van der Waals surface area contributed by atoms with Gasteiger partial charge in [0, 0.05) is 6.54 Å². The van der Waals surface area contributed by atoms with E-state index in [1.807, 2.05) is 11.9 Å². The van der Waals surface area contributed by atoms with Crippen molar-refractivity contribution in [1.29, 1.82) is 0 Å². The Labute approximate surface area is 54.6 Å². The summed E-state index contributed by atoms with van der Waals surface area (Å²) in [4.78, 5) is 12.7. The lowest BCUT2D eigenvalue weighted by Crippen LogP contribution is -2.50. The van der Waals surface area contributed by atoms with Crippen molar-refractivity contribution >= 4 is 5.97 Å². The predicted molar refractivity (Wildman–Crippen MR) is 33.1 cm³/mol. The van der Waals surface area contributed by atoms with E-state index < -0.39 is 0 Å². The molecular weight excluding hydrogens is 118 g/mol. The maximum Gasteiger partial charge on any atom is 0.323 e. The molecule has 1 fully saturated rings. The van der Waals surface area contributed by atoms with Gasteiger partial charge in [-0.2, -0.15) is 0 Å². The van der Waals surface area contributed by atoms with Crippen molar-refractivity contribution in [2.45, 2.75) is 12.5 Å². The van der Waals surface area contributed by atoms with Crippen molar-refractivity contribution in [3.05, 3.63) is 0 Å². The predicted octanol–water partition coefficient (Wildman–Crippen LogP) is -0.137. The molecule has 0 spiro atoms. The van der Waals surface area contributed by atoms with Crippen molar-refractivity contribution in [2.75, 3.05) is 20.7 Å². The van der Waals surface area contributed by atoms with E-state index in [-0.39, 0.29) is 12.0 Å². The molecule has 1 heterocycles. The summed E-state index contributed by atoms with van der Waals surface area (Å²) < 4.78 is 4.54. The topological polar surface area (TPSA) is 29.5 Å². The van der Waals surface area contributed by atoms with Crippen molar-refractivity contribution < 1.29 is 9.53 Å². The van der Waals surface area contributed by atoms with E-state index in [2.05, 4.69) is 4.74 Å². The molecule has 0 amide bonds. The van der Waals surface area contributed by atoms with Crippen LogP contribution in [-0.2, 0) is 9.53 Å². The van der Waals surface area contributed by atoms with Gasteiger partial charge in [0.25, 0.3) is 0 Å². The molecule has 0 bridgehead atoms. The number of ether oxygens (including phenoxy) is 1. The first-order valence-electron chi connectivity index (χ1n) is 3.04. The van der Waals surface area contributed by atoms with Crippen molar-refractivity contribution in [3.8, 4) is 0 Å². The summed E-state index contributed by atoms with van der Waals surface area (Å²) in [5.41, 5.74) is 0. The quantitative estimate of drug-likeness (QED) is 0.462. The molecule has 1 saturated heterocycles. The highest BCUT2D eigenvalue weighted by Gasteiger charge is 2.31. The first-order chi connectivity index (χ1) is 4.25. The van der Waals surface area contributed by atoms with Crippen LogP contribution in [0.1, 0.15) is 6.42 Å². The molecule has 0 aromatic carbocycles. The molecule has 0 N–H and O–H groups in total. The number of likely N-dealkylation sites (tertiary alicyclic amines) is 1. The lowest BCUT2D eigenvalue weighted by atomic mass is 10.1. The summed E-state index contributed by atoms with van der Waals surface area (Å²) in [7, 11) is 3.35. The first kappa shape index (κ1) is 6.55. The number of carbonyl (C=O) groups is 1. The molecular formula is C6H11NO2. The fraction of sp³-hybridized carbons (Fsp3) is 0.833. The Kier molecular flexibility index (Phi) is 1.71. The Balaban J connectivity index is 2.35. The molecule has 1 aliphatic rings. The molecule has 3 nitrogen and oxygen atoms in total. The minimum atomic E-state index is -0.108. The Morgan fingerprint density at radius 3 is 2.56 bits per heavy atom. The van der Waals surface area contributed by atoms with E-state index in [4.69, 9.17) is 0 Å². The Morgan fingerprint density at radius 2 is 2.44 bits per heavy atom. The average Bonchev–Trinajstić information content (AvgIpc) is 1.84. The van der Waals surface area contributed by atoms with E-state index in [0.717, 1.165) is 13.0 Å². The number of carbonyl (C=O) groups excluding carboxylic acids is 1. The molecule has 0 unspecified atom stereocenters. The lowest BCUT2D eigenvalue weighted by Gasteiger charge is -2.34. The number of likely N-dealkylation sites (N-methyl/N-ethyl adjacent to an activating group) is 1. The van der Waals surface area contributed by atoms with Gasteiger partial charge in [0.15, 0.2) is 0 Å². The van der Waals surface area contributed by atoms with Gasteiger partial charge in [-0.3, -0.25) is 9.69 Å². The van der Waals surface area contributed by atoms with E-state index in [9.17, 15) is 4.79 Å². The second-order valence-electron chi connectivity index (χ2n) is 2.31. The van der Waals surface area contributed by atoms with Gasteiger partial charge in [0.2, 0.25) is 0 Å². The van der Waals surface area contributed by atoms with Gasteiger partial charge < -0.3 is 4.74 Å². The van der Waals surface area contributed by atoms with E-state index >= 15 is 0 Å². The summed E-state index contributed by atoms with van der Waals surface area (Å²) in [6, 6.07) is 0.0370. The van der Waals surface area contributed by atoms with Crippen LogP contribution in [-0.4, -0.2) is 37.6 Å². The monoisotopic (exact) mass is 129 g/mol. The average molecular weight is 129 g/mol. The molecule has 1 rings (SSSR count). The SMILES string of the molecule is COC(=O)[C@H]1CCN1C. The molecule has 3 heteroatoms. The highest BCUT2D eigenvalue weighted by molar-refractivity contribution is 5.76. The maximum absolute atomic E-state index is 10.7. The molecule has 0 radical (unpaired) electrons. The maximum atomic E-state index is 10.7. The molecule has 1 atom stereocenters. The molecule has 0 saturated carbocycles. The summed E-state index contributed by atoms with van der Waals surface area (Å²) in [5, 5.41) is 0. The minimum absolute atomic E-state index is 0.0370. The van der Waals surface area contributed by atoms with Gasteiger partial charge in [0.1, 0.15) is 6.04 Å². The van der Waals surface area contributed by atoms with E-state index in [1.54, 1.807) is 0 Å². The van der Waals surface area contributed by atoms with Gasteiger partial charge in [-0.1, -0.05) is 0 Å². The van der Waals surface area contributed by atoms with Crippen LogP contribution >= 0.6 is 0 Å². The van der Waals surface area contributed by atoms with E-state index in [0.29, 0.717) is 0 Å². The summed E-state index contributed by atoms with van der Waals surface area (Å²) in [6.45, 7) is 1.01. The standard InChI is InChI=1S/C6H11NO2/c1-7-4-3-5(7)6(8)9-2/h5H,3-4H2,1-2H3/t5-/m1/s1. The molecule has 52 valence electrons. The van der Waals surface area contributed by atoms with Gasteiger partial charge in [-0.25, -0.2) is 0 Å². The number of hydrogen-bond donors (Lipinski definition) is 0. The Bertz CT molecular complexity index is 124. The van der Waals surface area contributed by atoms with Crippen LogP contribution in [0.15, 0.2) is 0 Å². The normalized spacial score (nSPS) is 27.1. The molecule has 0 aromatic heterocycles.